The minimum Gasteiger partial charge on any atom is -0.313 e. The number of aromatic nitrogens is 2. The van der Waals surface area contributed by atoms with Crippen molar-refractivity contribution in [2.75, 3.05) is 6.54 Å². The summed E-state index contributed by atoms with van der Waals surface area (Å²) in [5.74, 6) is 0. The number of rotatable bonds is 6. The van der Waals surface area contributed by atoms with Gasteiger partial charge in [0.05, 0.1) is 0 Å². The first-order valence-corrected chi connectivity index (χ1v) is 7.70. The predicted molar refractivity (Wildman–Crippen MR) is 77.5 cm³/mol. The lowest BCUT2D eigenvalue weighted by molar-refractivity contribution is 0.669. The van der Waals surface area contributed by atoms with Gasteiger partial charge in [-0.3, -0.25) is 0 Å². The Morgan fingerprint density at radius 3 is 3.06 bits per heavy atom. The molecule has 1 N–H and O–H groups in total. The molecule has 0 fully saturated rings. The summed E-state index contributed by atoms with van der Waals surface area (Å²) in [6.45, 7) is 4.03. The molecule has 3 nitrogen and oxygen atoms in total. The van der Waals surface area contributed by atoms with Gasteiger partial charge in [-0.1, -0.05) is 36.4 Å². The van der Waals surface area contributed by atoms with E-state index in [0.29, 0.717) is 0 Å². The van der Waals surface area contributed by atoms with E-state index in [1.54, 1.807) is 18.1 Å². The summed E-state index contributed by atoms with van der Waals surface area (Å²) in [5, 5.41) is 4.15. The SMILES string of the molecule is CCCNCc1ccc(Cl)cc1Sc1ncns1. The molecule has 0 aliphatic carbocycles. The maximum atomic E-state index is 6.05. The summed E-state index contributed by atoms with van der Waals surface area (Å²) in [5.41, 5.74) is 1.24. The zero-order chi connectivity index (χ0) is 12.8. The van der Waals surface area contributed by atoms with Crippen LogP contribution in [0.1, 0.15) is 18.9 Å². The van der Waals surface area contributed by atoms with Crippen molar-refractivity contribution >= 4 is 34.9 Å². The van der Waals surface area contributed by atoms with Gasteiger partial charge in [0.15, 0.2) is 4.34 Å². The fourth-order valence-corrected chi connectivity index (χ4v) is 3.28. The lowest BCUT2D eigenvalue weighted by Gasteiger charge is -2.09. The van der Waals surface area contributed by atoms with Crippen molar-refractivity contribution in [3.05, 3.63) is 35.1 Å². The van der Waals surface area contributed by atoms with Crippen LogP contribution in [0.15, 0.2) is 33.8 Å². The third kappa shape index (κ3) is 3.95. The molecule has 1 aromatic carbocycles. The van der Waals surface area contributed by atoms with Crippen molar-refractivity contribution in [3.63, 3.8) is 0 Å². The van der Waals surface area contributed by atoms with E-state index in [9.17, 15) is 0 Å². The minimum atomic E-state index is 0.751. The number of nitrogens with zero attached hydrogens (tertiary/aromatic N) is 2. The largest absolute Gasteiger partial charge is 0.313 e. The van der Waals surface area contributed by atoms with Gasteiger partial charge in [-0.15, -0.1) is 0 Å². The summed E-state index contributed by atoms with van der Waals surface area (Å²) in [4.78, 5) is 5.33. The second kappa shape index (κ2) is 7.09. The van der Waals surface area contributed by atoms with E-state index in [4.69, 9.17) is 11.6 Å². The average Bonchev–Trinajstić information content (AvgIpc) is 2.85. The van der Waals surface area contributed by atoms with Crippen LogP contribution in [0, 0.1) is 0 Å². The molecular weight excluding hydrogens is 286 g/mol. The monoisotopic (exact) mass is 299 g/mol. The molecule has 0 atom stereocenters. The molecule has 2 rings (SSSR count). The highest BCUT2D eigenvalue weighted by Gasteiger charge is 2.07. The fourth-order valence-electron chi connectivity index (χ4n) is 1.47. The maximum absolute atomic E-state index is 6.05. The standard InChI is InChI=1S/C12H14ClN3S2/c1-2-5-14-7-9-3-4-10(13)6-11(9)17-12-15-8-16-18-12/h3-4,6,8,14H,2,5,7H2,1H3. The lowest BCUT2D eigenvalue weighted by atomic mass is 10.2. The Labute approximate surface area is 120 Å². The van der Waals surface area contributed by atoms with Crippen molar-refractivity contribution in [2.24, 2.45) is 0 Å². The van der Waals surface area contributed by atoms with Crippen LogP contribution in [-0.2, 0) is 6.54 Å². The Balaban J connectivity index is 2.12. The van der Waals surface area contributed by atoms with Crippen molar-refractivity contribution in [3.8, 4) is 0 Å². The summed E-state index contributed by atoms with van der Waals surface area (Å²) >= 11 is 9.06. The van der Waals surface area contributed by atoms with Crippen LogP contribution in [-0.4, -0.2) is 15.9 Å². The predicted octanol–water partition coefficient (Wildman–Crippen LogP) is 3.84. The molecule has 0 bridgehead atoms. The average molecular weight is 300 g/mol. The van der Waals surface area contributed by atoms with Crippen molar-refractivity contribution < 1.29 is 0 Å². The second-order valence-electron chi connectivity index (χ2n) is 3.74. The van der Waals surface area contributed by atoms with E-state index in [1.165, 1.54) is 17.1 Å². The molecule has 0 aliphatic heterocycles. The number of hydrogen-bond donors (Lipinski definition) is 1. The topological polar surface area (TPSA) is 37.8 Å². The van der Waals surface area contributed by atoms with E-state index >= 15 is 0 Å². The fraction of sp³-hybridized carbons (Fsp3) is 0.333. The quantitative estimate of drug-likeness (QED) is 0.822. The van der Waals surface area contributed by atoms with Crippen LogP contribution in [0.3, 0.4) is 0 Å². The van der Waals surface area contributed by atoms with Crippen LogP contribution in [0.25, 0.3) is 0 Å². The molecule has 96 valence electrons. The second-order valence-corrected chi connectivity index (χ2v) is 6.24. The molecule has 0 unspecified atom stereocenters. The van der Waals surface area contributed by atoms with Gasteiger partial charge in [0, 0.05) is 16.5 Å². The smallest absolute Gasteiger partial charge is 0.174 e. The van der Waals surface area contributed by atoms with Gasteiger partial charge in [0.1, 0.15) is 6.33 Å². The molecular formula is C12H14ClN3S2. The Morgan fingerprint density at radius 1 is 1.44 bits per heavy atom. The molecule has 0 amide bonds. The van der Waals surface area contributed by atoms with Gasteiger partial charge >= 0.3 is 0 Å². The normalized spacial score (nSPS) is 10.8. The van der Waals surface area contributed by atoms with Gasteiger partial charge < -0.3 is 5.32 Å². The molecule has 1 heterocycles. The van der Waals surface area contributed by atoms with Gasteiger partial charge in [-0.25, -0.2) is 4.98 Å². The number of halogens is 1. The van der Waals surface area contributed by atoms with Gasteiger partial charge in [-0.2, -0.15) is 4.37 Å². The van der Waals surface area contributed by atoms with Crippen LogP contribution in [0.2, 0.25) is 5.02 Å². The summed E-state index contributed by atoms with van der Waals surface area (Å²) < 4.78 is 4.95. The Hall–Kier alpha value is -0.620. The first kappa shape index (κ1) is 13.8. The minimum absolute atomic E-state index is 0.751. The highest BCUT2D eigenvalue weighted by molar-refractivity contribution is 8.01. The first-order valence-electron chi connectivity index (χ1n) is 5.73. The van der Waals surface area contributed by atoms with E-state index in [-0.39, 0.29) is 0 Å². The summed E-state index contributed by atoms with van der Waals surface area (Å²) in [6.07, 6.45) is 2.71. The Morgan fingerprint density at radius 2 is 2.33 bits per heavy atom. The maximum Gasteiger partial charge on any atom is 0.174 e. The highest BCUT2D eigenvalue weighted by Crippen LogP contribution is 2.32. The molecule has 0 spiro atoms. The van der Waals surface area contributed by atoms with Gasteiger partial charge in [0.2, 0.25) is 0 Å². The molecule has 6 heteroatoms. The Kier molecular flexibility index (Phi) is 5.44. The van der Waals surface area contributed by atoms with Gasteiger partial charge in [-0.05, 0) is 42.2 Å². The molecule has 0 saturated heterocycles. The number of benzene rings is 1. The van der Waals surface area contributed by atoms with Crippen molar-refractivity contribution in [2.45, 2.75) is 29.1 Å². The zero-order valence-corrected chi connectivity index (χ0v) is 12.4. The number of nitrogens with one attached hydrogen (secondary N) is 1. The van der Waals surface area contributed by atoms with Gasteiger partial charge in [0.25, 0.3) is 0 Å². The number of hydrogen-bond acceptors (Lipinski definition) is 5. The van der Waals surface area contributed by atoms with E-state index < -0.39 is 0 Å². The van der Waals surface area contributed by atoms with E-state index in [1.807, 2.05) is 12.1 Å². The van der Waals surface area contributed by atoms with Crippen molar-refractivity contribution in [1.82, 2.24) is 14.7 Å². The molecule has 1 aromatic heterocycles. The molecule has 0 aliphatic rings. The highest BCUT2D eigenvalue weighted by atomic mass is 35.5. The third-order valence-corrected chi connectivity index (χ3v) is 4.36. The van der Waals surface area contributed by atoms with Crippen molar-refractivity contribution in [1.29, 1.82) is 0 Å². The summed E-state index contributed by atoms with van der Waals surface area (Å²) in [6, 6.07) is 5.97. The molecule has 0 radical (unpaired) electrons. The van der Waals surface area contributed by atoms with E-state index in [2.05, 4.69) is 27.7 Å². The third-order valence-electron chi connectivity index (χ3n) is 2.31. The van der Waals surface area contributed by atoms with E-state index in [0.717, 1.165) is 33.8 Å². The van der Waals surface area contributed by atoms with Crippen LogP contribution in [0.4, 0.5) is 0 Å². The van der Waals surface area contributed by atoms with Crippen LogP contribution in [0.5, 0.6) is 0 Å². The zero-order valence-electron chi connectivity index (χ0n) is 10.0. The Bertz CT molecular complexity index is 488. The lowest BCUT2D eigenvalue weighted by Crippen LogP contribution is -2.14. The molecule has 0 saturated carbocycles. The van der Waals surface area contributed by atoms with Crippen LogP contribution < -0.4 is 5.32 Å². The summed E-state index contributed by atoms with van der Waals surface area (Å²) in [7, 11) is 0. The molecule has 18 heavy (non-hydrogen) atoms. The van der Waals surface area contributed by atoms with Crippen LogP contribution >= 0.6 is 34.9 Å². The molecule has 2 aromatic rings. The first-order chi connectivity index (χ1) is 8.79.